The number of hydroxylamine groups is 1. The second-order valence-corrected chi connectivity index (χ2v) is 8.41. The molecule has 1 amide bonds. The van der Waals surface area contributed by atoms with Crippen LogP contribution in [0.2, 0.25) is 0 Å². The molecule has 2 unspecified atom stereocenters. The SMILES string of the molecule is CCCN(CCC(C)C1NOc2ccccc21)CC(C)(C)C(=O)NSC. The van der Waals surface area contributed by atoms with Gasteiger partial charge in [0.15, 0.2) is 5.75 Å². The molecule has 2 N–H and O–H groups in total. The van der Waals surface area contributed by atoms with E-state index in [1.807, 2.05) is 32.2 Å². The van der Waals surface area contributed by atoms with Crippen molar-refractivity contribution in [3.05, 3.63) is 29.8 Å². The van der Waals surface area contributed by atoms with E-state index < -0.39 is 5.41 Å². The van der Waals surface area contributed by atoms with E-state index in [1.54, 1.807) is 0 Å². The second kappa shape index (κ2) is 9.62. The lowest BCUT2D eigenvalue weighted by Gasteiger charge is -2.32. The van der Waals surface area contributed by atoms with Gasteiger partial charge in [-0.05, 0) is 51.8 Å². The van der Waals surface area contributed by atoms with Crippen molar-refractivity contribution in [2.45, 2.75) is 46.6 Å². The molecule has 146 valence electrons. The third kappa shape index (κ3) is 5.38. The minimum atomic E-state index is -0.400. The number of amides is 1. The highest BCUT2D eigenvalue weighted by atomic mass is 32.2. The summed E-state index contributed by atoms with van der Waals surface area (Å²) >= 11 is 1.37. The summed E-state index contributed by atoms with van der Waals surface area (Å²) in [5, 5.41) is 0. The smallest absolute Gasteiger partial charge is 0.236 e. The van der Waals surface area contributed by atoms with Crippen LogP contribution in [0, 0.1) is 11.3 Å². The Morgan fingerprint density at radius 2 is 2.12 bits per heavy atom. The molecule has 0 bridgehead atoms. The first-order valence-corrected chi connectivity index (χ1v) is 10.7. The molecule has 2 atom stereocenters. The molecular formula is C20H33N3O2S. The summed E-state index contributed by atoms with van der Waals surface area (Å²) in [6, 6.07) is 8.42. The van der Waals surface area contributed by atoms with Crippen LogP contribution in [0.5, 0.6) is 5.75 Å². The van der Waals surface area contributed by atoms with Gasteiger partial charge in [0.05, 0.1) is 11.5 Å². The van der Waals surface area contributed by atoms with Gasteiger partial charge in [-0.25, -0.2) is 0 Å². The Hall–Kier alpha value is -1.24. The zero-order valence-corrected chi connectivity index (χ0v) is 17.5. The van der Waals surface area contributed by atoms with Crippen molar-refractivity contribution in [3.8, 4) is 5.75 Å². The van der Waals surface area contributed by atoms with Crippen LogP contribution in [0.25, 0.3) is 0 Å². The topological polar surface area (TPSA) is 53.6 Å². The number of benzene rings is 1. The number of nitrogens with one attached hydrogen (secondary N) is 2. The molecule has 1 aromatic rings. The predicted octanol–water partition coefficient (Wildman–Crippen LogP) is 3.78. The van der Waals surface area contributed by atoms with Crippen molar-refractivity contribution in [1.29, 1.82) is 0 Å². The summed E-state index contributed by atoms with van der Waals surface area (Å²) < 4.78 is 2.88. The van der Waals surface area contributed by atoms with Gasteiger partial charge >= 0.3 is 0 Å². The number of hydrogen-bond donors (Lipinski definition) is 2. The summed E-state index contributed by atoms with van der Waals surface area (Å²) in [6.07, 6.45) is 4.02. The van der Waals surface area contributed by atoms with Crippen molar-refractivity contribution in [2.75, 3.05) is 25.9 Å². The Morgan fingerprint density at radius 1 is 1.38 bits per heavy atom. The van der Waals surface area contributed by atoms with Crippen molar-refractivity contribution < 1.29 is 9.63 Å². The molecule has 0 aliphatic carbocycles. The maximum atomic E-state index is 12.3. The average molecular weight is 380 g/mol. The molecule has 1 aliphatic heterocycles. The summed E-state index contributed by atoms with van der Waals surface area (Å²) in [5.74, 6) is 1.48. The van der Waals surface area contributed by atoms with Crippen molar-refractivity contribution in [3.63, 3.8) is 0 Å². The first-order valence-electron chi connectivity index (χ1n) is 9.46. The summed E-state index contributed by atoms with van der Waals surface area (Å²) in [6.45, 7) is 11.2. The number of carbonyl (C=O) groups is 1. The number of carbonyl (C=O) groups excluding carboxylic acids is 1. The lowest BCUT2D eigenvalue weighted by Crippen LogP contribution is -2.44. The molecule has 0 radical (unpaired) electrons. The molecule has 0 fully saturated rings. The zero-order valence-electron chi connectivity index (χ0n) is 16.7. The van der Waals surface area contributed by atoms with Gasteiger partial charge in [0.1, 0.15) is 0 Å². The number of para-hydroxylation sites is 1. The van der Waals surface area contributed by atoms with Crippen LogP contribution in [-0.4, -0.2) is 36.7 Å². The van der Waals surface area contributed by atoms with Crippen LogP contribution in [0.1, 0.15) is 52.1 Å². The number of hydrogen-bond acceptors (Lipinski definition) is 5. The molecule has 0 saturated heterocycles. The van der Waals surface area contributed by atoms with Gasteiger partial charge in [-0.1, -0.05) is 44.0 Å². The minimum absolute atomic E-state index is 0.0962. The Kier molecular flexibility index (Phi) is 7.80. The molecule has 0 spiro atoms. The summed E-state index contributed by atoms with van der Waals surface area (Å²) in [7, 11) is 0. The van der Waals surface area contributed by atoms with Crippen LogP contribution in [0.15, 0.2) is 24.3 Å². The third-order valence-electron chi connectivity index (χ3n) is 4.99. The van der Waals surface area contributed by atoms with E-state index in [0.29, 0.717) is 5.92 Å². The first kappa shape index (κ1) is 21.1. The van der Waals surface area contributed by atoms with E-state index in [1.165, 1.54) is 17.5 Å². The largest absolute Gasteiger partial charge is 0.408 e. The van der Waals surface area contributed by atoms with E-state index in [2.05, 4.69) is 41.1 Å². The molecular weight excluding hydrogens is 346 g/mol. The highest BCUT2D eigenvalue weighted by Crippen LogP contribution is 2.36. The summed E-state index contributed by atoms with van der Waals surface area (Å²) in [4.78, 5) is 20.3. The highest BCUT2D eigenvalue weighted by Gasteiger charge is 2.31. The number of nitrogens with zero attached hydrogens (tertiary/aromatic N) is 1. The second-order valence-electron chi connectivity index (χ2n) is 7.80. The van der Waals surface area contributed by atoms with Gasteiger partial charge in [-0.3, -0.25) is 9.52 Å². The number of fused-ring (bicyclic) bond motifs is 1. The Labute approximate surface area is 162 Å². The Balaban J connectivity index is 1.93. The van der Waals surface area contributed by atoms with E-state index >= 15 is 0 Å². The maximum Gasteiger partial charge on any atom is 0.236 e. The van der Waals surface area contributed by atoms with Crippen molar-refractivity contribution in [2.24, 2.45) is 11.3 Å². The lowest BCUT2D eigenvalue weighted by atomic mass is 9.90. The fourth-order valence-electron chi connectivity index (χ4n) is 3.44. The molecule has 2 rings (SSSR count). The standard InChI is InChI=1S/C20H33N3O2S/c1-6-12-23(14-20(3,4)19(24)22-26-5)13-11-15(2)18-16-9-7-8-10-17(16)25-21-18/h7-10,15,18,21H,6,11-14H2,1-5H3,(H,22,24). The van der Waals surface area contributed by atoms with Crippen LogP contribution in [-0.2, 0) is 4.79 Å². The lowest BCUT2D eigenvalue weighted by molar-refractivity contribution is -0.128. The highest BCUT2D eigenvalue weighted by molar-refractivity contribution is 7.97. The van der Waals surface area contributed by atoms with E-state index in [-0.39, 0.29) is 11.9 Å². The maximum absolute atomic E-state index is 12.3. The Bertz CT molecular complexity index is 594. The Morgan fingerprint density at radius 3 is 2.81 bits per heavy atom. The number of rotatable bonds is 10. The van der Waals surface area contributed by atoms with Crippen LogP contribution >= 0.6 is 11.9 Å². The van der Waals surface area contributed by atoms with Gasteiger partial charge in [0.2, 0.25) is 5.91 Å². The summed E-state index contributed by atoms with van der Waals surface area (Å²) in [5.41, 5.74) is 4.01. The van der Waals surface area contributed by atoms with Gasteiger partial charge < -0.3 is 9.74 Å². The van der Waals surface area contributed by atoms with Crippen molar-refractivity contribution >= 4 is 17.9 Å². The molecule has 5 nitrogen and oxygen atoms in total. The first-order chi connectivity index (χ1) is 12.4. The molecule has 6 heteroatoms. The average Bonchev–Trinajstić information content (AvgIpc) is 3.04. The normalized spacial score (nSPS) is 17.7. The van der Waals surface area contributed by atoms with Gasteiger partial charge in [0.25, 0.3) is 0 Å². The zero-order chi connectivity index (χ0) is 19.2. The van der Waals surface area contributed by atoms with E-state index in [9.17, 15) is 4.79 Å². The monoisotopic (exact) mass is 379 g/mol. The van der Waals surface area contributed by atoms with Gasteiger partial charge in [-0.2, -0.15) is 0 Å². The van der Waals surface area contributed by atoms with Gasteiger partial charge in [-0.15, -0.1) is 5.48 Å². The molecule has 0 aromatic heterocycles. The molecule has 26 heavy (non-hydrogen) atoms. The minimum Gasteiger partial charge on any atom is -0.408 e. The predicted molar refractivity (Wildman–Crippen MR) is 109 cm³/mol. The molecule has 1 aromatic carbocycles. The van der Waals surface area contributed by atoms with Gasteiger partial charge in [0, 0.05) is 18.4 Å². The molecule has 1 aliphatic rings. The van der Waals surface area contributed by atoms with Crippen molar-refractivity contribution in [1.82, 2.24) is 15.1 Å². The quantitative estimate of drug-likeness (QED) is 0.606. The van der Waals surface area contributed by atoms with Crippen LogP contribution in [0.4, 0.5) is 0 Å². The van der Waals surface area contributed by atoms with E-state index in [4.69, 9.17) is 4.84 Å². The van der Waals surface area contributed by atoms with E-state index in [0.717, 1.165) is 38.2 Å². The van der Waals surface area contributed by atoms with Crippen LogP contribution < -0.4 is 15.0 Å². The third-order valence-corrected chi connectivity index (χ3v) is 5.38. The van der Waals surface area contributed by atoms with Crippen LogP contribution in [0.3, 0.4) is 0 Å². The molecule has 1 heterocycles. The fraction of sp³-hybridized carbons (Fsp3) is 0.650. The fourth-order valence-corrected chi connectivity index (χ4v) is 3.91. The molecule has 0 saturated carbocycles.